The highest BCUT2D eigenvalue weighted by Crippen LogP contribution is 2.33. The molecule has 1 N–H and O–H groups in total. The monoisotopic (exact) mass is 340 g/mol. The average molecular weight is 340 g/mol. The number of nitrogens with zero attached hydrogens (tertiary/aromatic N) is 1. The second-order valence-electron chi connectivity index (χ2n) is 6.79. The summed E-state index contributed by atoms with van der Waals surface area (Å²) in [5.41, 5.74) is -0.234. The van der Waals surface area contributed by atoms with Crippen LogP contribution in [0.25, 0.3) is 0 Å². The summed E-state index contributed by atoms with van der Waals surface area (Å²) in [6.07, 6.45) is -0.755. The van der Waals surface area contributed by atoms with Gasteiger partial charge in [0.2, 0.25) is 5.91 Å². The maximum atomic E-state index is 12.9. The van der Waals surface area contributed by atoms with Crippen LogP contribution in [-0.2, 0) is 11.0 Å². The van der Waals surface area contributed by atoms with Crippen molar-refractivity contribution in [3.63, 3.8) is 0 Å². The van der Waals surface area contributed by atoms with Gasteiger partial charge in [-0.15, -0.1) is 0 Å². The van der Waals surface area contributed by atoms with Crippen LogP contribution in [0.2, 0.25) is 0 Å². The standard InChI is InChI=1S/C18H23F3N2O/c1-2-16(12-4-3-5-13(10-12)18(19,20)21)17(24)23-9-8-14-6-7-15(11-23)22-14/h3-5,10,14-16,22H,2,6-9,11H2,1H3. The van der Waals surface area contributed by atoms with E-state index in [9.17, 15) is 18.0 Å². The number of halogens is 3. The number of likely N-dealkylation sites (tertiary alicyclic amines) is 1. The van der Waals surface area contributed by atoms with Crippen molar-refractivity contribution in [2.45, 2.75) is 56.8 Å². The Bertz CT molecular complexity index is 602. The number of carbonyl (C=O) groups is 1. The van der Waals surface area contributed by atoms with Crippen molar-refractivity contribution in [2.75, 3.05) is 13.1 Å². The molecule has 0 aromatic heterocycles. The molecule has 2 heterocycles. The predicted octanol–water partition coefficient (Wildman–Crippen LogP) is 3.55. The van der Waals surface area contributed by atoms with Gasteiger partial charge in [0.25, 0.3) is 0 Å². The molecule has 2 aliphatic heterocycles. The Morgan fingerprint density at radius 3 is 2.75 bits per heavy atom. The highest BCUT2D eigenvalue weighted by atomic mass is 19.4. The van der Waals surface area contributed by atoms with Crippen LogP contribution in [-0.4, -0.2) is 36.0 Å². The van der Waals surface area contributed by atoms with Gasteiger partial charge in [-0.3, -0.25) is 4.79 Å². The van der Waals surface area contributed by atoms with Crippen LogP contribution >= 0.6 is 0 Å². The average Bonchev–Trinajstić information content (AvgIpc) is 2.86. The van der Waals surface area contributed by atoms with E-state index in [1.807, 2.05) is 11.8 Å². The second kappa shape index (κ2) is 6.75. The number of fused-ring (bicyclic) bond motifs is 2. The number of rotatable bonds is 3. The molecule has 24 heavy (non-hydrogen) atoms. The van der Waals surface area contributed by atoms with Gasteiger partial charge >= 0.3 is 6.18 Å². The van der Waals surface area contributed by atoms with Crippen LogP contribution in [0.1, 0.15) is 49.7 Å². The molecule has 1 aromatic carbocycles. The first-order chi connectivity index (χ1) is 11.4. The molecule has 1 aromatic rings. The van der Waals surface area contributed by atoms with Gasteiger partial charge < -0.3 is 10.2 Å². The smallest absolute Gasteiger partial charge is 0.341 e. The molecule has 0 aliphatic carbocycles. The Morgan fingerprint density at radius 1 is 1.29 bits per heavy atom. The summed E-state index contributed by atoms with van der Waals surface area (Å²) in [6, 6.07) is 5.98. The van der Waals surface area contributed by atoms with Gasteiger partial charge in [0.15, 0.2) is 0 Å². The lowest BCUT2D eigenvalue weighted by molar-refractivity contribution is -0.138. The first-order valence-corrected chi connectivity index (χ1v) is 8.60. The molecule has 2 saturated heterocycles. The molecule has 132 valence electrons. The highest BCUT2D eigenvalue weighted by molar-refractivity contribution is 5.84. The first kappa shape index (κ1) is 17.3. The van der Waals surface area contributed by atoms with E-state index in [1.54, 1.807) is 6.07 Å². The maximum absolute atomic E-state index is 12.9. The molecular formula is C18H23F3N2O. The van der Waals surface area contributed by atoms with E-state index in [4.69, 9.17) is 0 Å². The molecule has 3 rings (SSSR count). The lowest BCUT2D eigenvalue weighted by atomic mass is 9.93. The Labute approximate surface area is 140 Å². The number of hydrogen-bond donors (Lipinski definition) is 1. The summed E-state index contributed by atoms with van der Waals surface area (Å²) in [7, 11) is 0. The van der Waals surface area contributed by atoms with Crippen LogP contribution < -0.4 is 5.32 Å². The van der Waals surface area contributed by atoms with E-state index < -0.39 is 17.7 Å². The van der Waals surface area contributed by atoms with Crippen molar-refractivity contribution >= 4 is 5.91 Å². The molecule has 3 nitrogen and oxygen atoms in total. The van der Waals surface area contributed by atoms with Crippen LogP contribution in [0.15, 0.2) is 24.3 Å². The SMILES string of the molecule is CCC(C(=O)N1CCC2CCC(C1)N2)c1cccc(C(F)(F)F)c1. The second-order valence-corrected chi connectivity index (χ2v) is 6.79. The number of amides is 1. The zero-order valence-electron chi connectivity index (χ0n) is 13.8. The number of carbonyl (C=O) groups excluding carboxylic acids is 1. The quantitative estimate of drug-likeness (QED) is 0.913. The summed E-state index contributed by atoms with van der Waals surface area (Å²) in [5.74, 6) is -0.560. The number of alkyl halides is 3. The van der Waals surface area contributed by atoms with Gasteiger partial charge in [0.05, 0.1) is 11.5 Å². The van der Waals surface area contributed by atoms with Crippen LogP contribution in [0.4, 0.5) is 13.2 Å². The number of benzene rings is 1. The van der Waals surface area contributed by atoms with E-state index in [1.165, 1.54) is 6.07 Å². The fourth-order valence-corrected chi connectivity index (χ4v) is 3.85. The molecule has 6 heteroatoms. The minimum absolute atomic E-state index is 0.0498. The Morgan fingerprint density at radius 2 is 2.04 bits per heavy atom. The summed E-state index contributed by atoms with van der Waals surface area (Å²) in [6.45, 7) is 3.19. The molecule has 3 unspecified atom stereocenters. The lowest BCUT2D eigenvalue weighted by Gasteiger charge is -2.28. The number of nitrogens with one attached hydrogen (secondary N) is 1. The first-order valence-electron chi connectivity index (χ1n) is 8.60. The normalized spacial score (nSPS) is 25.4. The topological polar surface area (TPSA) is 32.3 Å². The zero-order chi connectivity index (χ0) is 17.3. The fraction of sp³-hybridized carbons (Fsp3) is 0.611. The molecule has 3 atom stereocenters. The van der Waals surface area contributed by atoms with Crippen molar-refractivity contribution in [3.8, 4) is 0 Å². The molecule has 0 spiro atoms. The van der Waals surface area contributed by atoms with Gasteiger partial charge in [-0.2, -0.15) is 13.2 Å². The Balaban J connectivity index is 1.79. The molecule has 2 aliphatic rings. The van der Waals surface area contributed by atoms with Gasteiger partial charge in [-0.25, -0.2) is 0 Å². The van der Waals surface area contributed by atoms with Gasteiger partial charge in [0.1, 0.15) is 0 Å². The van der Waals surface area contributed by atoms with Gasteiger partial charge in [-0.05, 0) is 37.3 Å². The van der Waals surface area contributed by atoms with Gasteiger partial charge in [-0.1, -0.05) is 25.1 Å². The minimum Gasteiger partial charge on any atom is -0.341 e. The van der Waals surface area contributed by atoms with Crippen LogP contribution in [0, 0.1) is 0 Å². The zero-order valence-corrected chi connectivity index (χ0v) is 13.8. The third kappa shape index (κ3) is 3.58. The molecular weight excluding hydrogens is 317 g/mol. The highest BCUT2D eigenvalue weighted by Gasteiger charge is 2.35. The fourth-order valence-electron chi connectivity index (χ4n) is 3.85. The van der Waals surface area contributed by atoms with Crippen LogP contribution in [0.3, 0.4) is 0 Å². The van der Waals surface area contributed by atoms with Crippen molar-refractivity contribution in [1.29, 1.82) is 0 Å². The van der Waals surface area contributed by atoms with Crippen molar-refractivity contribution < 1.29 is 18.0 Å². The predicted molar refractivity (Wildman–Crippen MR) is 85.6 cm³/mol. The van der Waals surface area contributed by atoms with Crippen molar-refractivity contribution in [3.05, 3.63) is 35.4 Å². The molecule has 2 fully saturated rings. The van der Waals surface area contributed by atoms with E-state index >= 15 is 0 Å². The summed E-state index contributed by atoms with van der Waals surface area (Å²) < 4.78 is 38.8. The third-order valence-electron chi connectivity index (χ3n) is 5.16. The van der Waals surface area contributed by atoms with E-state index in [0.717, 1.165) is 31.4 Å². The molecule has 0 saturated carbocycles. The Kier molecular flexibility index (Phi) is 4.85. The van der Waals surface area contributed by atoms with E-state index in [-0.39, 0.29) is 5.91 Å². The maximum Gasteiger partial charge on any atom is 0.416 e. The third-order valence-corrected chi connectivity index (χ3v) is 5.16. The minimum atomic E-state index is -4.39. The summed E-state index contributed by atoms with van der Waals surface area (Å²) in [5, 5.41) is 3.52. The van der Waals surface area contributed by atoms with Crippen molar-refractivity contribution in [1.82, 2.24) is 10.2 Å². The largest absolute Gasteiger partial charge is 0.416 e. The van der Waals surface area contributed by atoms with Crippen LogP contribution in [0.5, 0.6) is 0 Å². The summed E-state index contributed by atoms with van der Waals surface area (Å²) >= 11 is 0. The lowest BCUT2D eigenvalue weighted by Crippen LogP contribution is -2.41. The molecule has 2 bridgehead atoms. The number of hydrogen-bond acceptors (Lipinski definition) is 2. The van der Waals surface area contributed by atoms with E-state index in [0.29, 0.717) is 37.2 Å². The van der Waals surface area contributed by atoms with E-state index in [2.05, 4.69) is 5.32 Å². The Hall–Kier alpha value is -1.56. The summed E-state index contributed by atoms with van der Waals surface area (Å²) in [4.78, 5) is 14.8. The molecule has 1 amide bonds. The van der Waals surface area contributed by atoms with Crippen molar-refractivity contribution in [2.24, 2.45) is 0 Å². The molecule has 0 radical (unpaired) electrons. The van der Waals surface area contributed by atoms with Gasteiger partial charge in [0, 0.05) is 25.2 Å².